The average Bonchev–Trinajstić information content (AvgIpc) is 3.42. The highest BCUT2D eigenvalue weighted by Crippen LogP contribution is 2.30. The van der Waals surface area contributed by atoms with Gasteiger partial charge in [0.2, 0.25) is 5.16 Å². The molecule has 27 heavy (non-hydrogen) atoms. The molecule has 0 saturated heterocycles. The van der Waals surface area contributed by atoms with E-state index in [0.29, 0.717) is 45.8 Å². The number of Topliss-reactive ketones (excluding diaryl/α,β-unsaturated/α-hetero) is 1. The fraction of sp³-hybridized carbons (Fsp3) is 0.100. The molecule has 0 radical (unpaired) electrons. The largest absolute Gasteiger partial charge is 0.463 e. The van der Waals surface area contributed by atoms with Crippen molar-refractivity contribution in [3.63, 3.8) is 0 Å². The predicted octanol–water partition coefficient (Wildman–Crippen LogP) is 4.76. The topological polar surface area (TPSA) is 82.0 Å². The summed E-state index contributed by atoms with van der Waals surface area (Å²) in [7, 11) is 0. The molecule has 3 aromatic heterocycles. The number of carbonyl (C=O) groups is 1. The van der Waals surface area contributed by atoms with Crippen LogP contribution >= 0.6 is 11.8 Å². The van der Waals surface area contributed by atoms with Crippen LogP contribution in [0.15, 0.2) is 81.1 Å². The Morgan fingerprint density at radius 3 is 2.22 bits per heavy atom. The number of carbonyl (C=O) groups excluding carboxylic acids is 1. The lowest BCUT2D eigenvalue weighted by atomic mass is 10.1. The fourth-order valence-corrected chi connectivity index (χ4v) is 3.26. The molecule has 6 nitrogen and oxygen atoms in total. The summed E-state index contributed by atoms with van der Waals surface area (Å²) in [4.78, 5) is 16.8. The van der Waals surface area contributed by atoms with Crippen LogP contribution in [-0.4, -0.2) is 26.7 Å². The minimum absolute atomic E-state index is 0.0922. The summed E-state index contributed by atoms with van der Waals surface area (Å²) in [5, 5.41) is 8.91. The van der Waals surface area contributed by atoms with E-state index in [0.717, 1.165) is 0 Å². The molecule has 0 aliphatic rings. The van der Waals surface area contributed by atoms with Gasteiger partial charge >= 0.3 is 0 Å². The molecule has 0 spiro atoms. The van der Waals surface area contributed by atoms with E-state index in [-0.39, 0.29) is 5.78 Å². The lowest BCUT2D eigenvalue weighted by molar-refractivity contribution is 0.0989. The van der Waals surface area contributed by atoms with Crippen LogP contribution in [0.4, 0.5) is 0 Å². The van der Waals surface area contributed by atoms with Crippen LogP contribution in [0.1, 0.15) is 16.8 Å². The number of benzene rings is 1. The molecule has 0 fully saturated rings. The third-order valence-corrected chi connectivity index (χ3v) is 4.67. The van der Waals surface area contributed by atoms with Crippen molar-refractivity contribution in [1.29, 1.82) is 0 Å². The van der Waals surface area contributed by atoms with Gasteiger partial charge in [0.05, 0.1) is 12.5 Å². The molecule has 0 aliphatic carbocycles. The van der Waals surface area contributed by atoms with Gasteiger partial charge in [0.1, 0.15) is 5.69 Å². The number of nitrogens with zero attached hydrogens (tertiary/aromatic N) is 3. The van der Waals surface area contributed by atoms with Gasteiger partial charge in [-0.05, 0) is 24.3 Å². The number of hydrogen-bond donors (Lipinski definition) is 0. The Kier molecular flexibility index (Phi) is 5.11. The van der Waals surface area contributed by atoms with E-state index < -0.39 is 0 Å². The van der Waals surface area contributed by atoms with E-state index in [4.69, 9.17) is 8.83 Å². The Bertz CT molecular complexity index is 1020. The zero-order valence-electron chi connectivity index (χ0n) is 14.2. The third kappa shape index (κ3) is 3.98. The van der Waals surface area contributed by atoms with Gasteiger partial charge in [-0.3, -0.25) is 4.79 Å². The summed E-state index contributed by atoms with van der Waals surface area (Å²) in [6.45, 7) is 0. The zero-order chi connectivity index (χ0) is 18.5. The van der Waals surface area contributed by atoms with Crippen LogP contribution in [0, 0.1) is 0 Å². The van der Waals surface area contributed by atoms with Crippen molar-refractivity contribution >= 4 is 17.5 Å². The first-order chi connectivity index (χ1) is 13.3. The van der Waals surface area contributed by atoms with Gasteiger partial charge in [0.25, 0.3) is 0 Å². The second kappa shape index (κ2) is 8.01. The zero-order valence-corrected chi connectivity index (χ0v) is 15.1. The molecule has 0 saturated carbocycles. The Morgan fingerprint density at radius 1 is 0.852 bits per heavy atom. The molecule has 0 aliphatic heterocycles. The van der Waals surface area contributed by atoms with Crippen LogP contribution in [0.5, 0.6) is 0 Å². The van der Waals surface area contributed by atoms with Crippen molar-refractivity contribution < 1.29 is 13.6 Å². The van der Waals surface area contributed by atoms with Crippen molar-refractivity contribution in [3.05, 3.63) is 72.7 Å². The lowest BCUT2D eigenvalue weighted by Gasteiger charge is -2.05. The highest BCUT2D eigenvalue weighted by Gasteiger charge is 2.18. The minimum atomic E-state index is 0.0922. The quantitative estimate of drug-likeness (QED) is 0.339. The number of ketones is 1. The molecule has 3 heterocycles. The van der Waals surface area contributed by atoms with Gasteiger partial charge in [-0.2, -0.15) is 0 Å². The highest BCUT2D eigenvalue weighted by molar-refractivity contribution is 7.99. The average molecular weight is 377 g/mol. The van der Waals surface area contributed by atoms with Gasteiger partial charge in [-0.15, -0.1) is 10.2 Å². The maximum absolute atomic E-state index is 12.2. The van der Waals surface area contributed by atoms with Crippen LogP contribution in [-0.2, 0) is 0 Å². The van der Waals surface area contributed by atoms with E-state index >= 15 is 0 Å². The molecule has 134 valence electrons. The van der Waals surface area contributed by atoms with Crippen molar-refractivity contribution in [3.8, 4) is 22.9 Å². The van der Waals surface area contributed by atoms with Crippen molar-refractivity contribution in [1.82, 2.24) is 15.2 Å². The molecule has 0 amide bonds. The van der Waals surface area contributed by atoms with E-state index in [1.165, 1.54) is 11.8 Å². The molecule has 7 heteroatoms. The normalized spacial score (nSPS) is 10.8. The fourth-order valence-electron chi connectivity index (χ4n) is 2.54. The number of aromatic nitrogens is 3. The summed E-state index contributed by atoms with van der Waals surface area (Å²) in [5.41, 5.74) is 1.78. The summed E-state index contributed by atoms with van der Waals surface area (Å²) in [5.74, 6) is 1.80. The molecule has 4 rings (SSSR count). The van der Waals surface area contributed by atoms with E-state index in [2.05, 4.69) is 15.2 Å². The molecular weight excluding hydrogens is 362 g/mol. The molecule has 1 aromatic carbocycles. The second-order valence-corrected chi connectivity index (χ2v) is 6.70. The lowest BCUT2D eigenvalue weighted by Crippen LogP contribution is -2.02. The first kappa shape index (κ1) is 17.2. The highest BCUT2D eigenvalue weighted by atomic mass is 32.2. The van der Waals surface area contributed by atoms with Gasteiger partial charge in [-0.25, -0.2) is 4.98 Å². The first-order valence-corrected chi connectivity index (χ1v) is 9.33. The van der Waals surface area contributed by atoms with Crippen LogP contribution in [0.3, 0.4) is 0 Å². The van der Waals surface area contributed by atoms with Crippen molar-refractivity contribution in [2.75, 3.05) is 5.75 Å². The van der Waals surface area contributed by atoms with Crippen molar-refractivity contribution in [2.24, 2.45) is 0 Å². The van der Waals surface area contributed by atoms with Gasteiger partial charge in [-0.1, -0.05) is 42.1 Å². The van der Waals surface area contributed by atoms with E-state index in [1.807, 2.05) is 36.4 Å². The third-order valence-electron chi connectivity index (χ3n) is 3.83. The van der Waals surface area contributed by atoms with Crippen LogP contribution in [0.25, 0.3) is 22.9 Å². The minimum Gasteiger partial charge on any atom is -0.463 e. The van der Waals surface area contributed by atoms with E-state index in [1.54, 1.807) is 30.7 Å². The molecule has 0 N–H and O–H groups in total. The summed E-state index contributed by atoms with van der Waals surface area (Å²) < 4.78 is 10.9. The Hall–Kier alpha value is -3.19. The summed E-state index contributed by atoms with van der Waals surface area (Å²) >= 11 is 1.38. The molecule has 4 aromatic rings. The monoisotopic (exact) mass is 377 g/mol. The molecule has 0 atom stereocenters. The maximum Gasteiger partial charge on any atom is 0.209 e. The van der Waals surface area contributed by atoms with E-state index in [9.17, 15) is 4.79 Å². The molecule has 0 unspecified atom stereocenters. The first-order valence-electron chi connectivity index (χ1n) is 8.35. The maximum atomic E-state index is 12.2. The molecular formula is C20H15N3O3S. The summed E-state index contributed by atoms with van der Waals surface area (Å²) in [6.07, 6.45) is 3.55. The Labute approximate surface area is 159 Å². The van der Waals surface area contributed by atoms with Crippen molar-refractivity contribution in [2.45, 2.75) is 11.6 Å². The number of rotatable bonds is 7. The molecule has 0 bridgehead atoms. The van der Waals surface area contributed by atoms with Crippen LogP contribution < -0.4 is 0 Å². The number of furan rings is 2. The smallest absolute Gasteiger partial charge is 0.209 e. The standard InChI is InChI=1S/C20H15N3O3S/c24-15(14-6-2-1-3-7-14)10-13-27-20-21-18(16-8-4-11-25-16)19(22-23-20)17-9-5-12-26-17/h1-9,11-12H,10,13H2. The number of hydrogen-bond acceptors (Lipinski definition) is 7. The van der Waals surface area contributed by atoms with Crippen LogP contribution in [0.2, 0.25) is 0 Å². The van der Waals surface area contributed by atoms with Gasteiger partial charge in [0.15, 0.2) is 23.0 Å². The predicted molar refractivity (Wildman–Crippen MR) is 101 cm³/mol. The number of thioether (sulfide) groups is 1. The Balaban J connectivity index is 1.51. The van der Waals surface area contributed by atoms with Gasteiger partial charge in [0, 0.05) is 17.7 Å². The van der Waals surface area contributed by atoms with Gasteiger partial charge < -0.3 is 8.83 Å². The Morgan fingerprint density at radius 2 is 1.56 bits per heavy atom. The summed E-state index contributed by atoms with van der Waals surface area (Å²) in [6, 6.07) is 16.4. The second-order valence-electron chi connectivity index (χ2n) is 5.63. The SMILES string of the molecule is O=C(CCSc1nnc(-c2ccco2)c(-c2ccco2)n1)c1ccccc1.